The number of hydrogen-bond acceptors (Lipinski definition) is 5. The van der Waals surface area contributed by atoms with E-state index in [0.29, 0.717) is 22.8 Å². The Labute approximate surface area is 152 Å². The lowest BCUT2D eigenvalue weighted by Gasteiger charge is -2.24. The van der Waals surface area contributed by atoms with Crippen molar-refractivity contribution >= 4 is 28.8 Å². The highest BCUT2D eigenvalue weighted by Gasteiger charge is 2.30. The number of hydrogen-bond donors (Lipinski definition) is 2. The molecule has 2 amide bonds. The fraction of sp³-hybridized carbons (Fsp3) is 0.167. The van der Waals surface area contributed by atoms with Crippen LogP contribution in [0.3, 0.4) is 0 Å². The van der Waals surface area contributed by atoms with Crippen molar-refractivity contribution in [2.24, 2.45) is 0 Å². The van der Waals surface area contributed by atoms with E-state index in [9.17, 15) is 14.0 Å². The summed E-state index contributed by atoms with van der Waals surface area (Å²) >= 11 is 1.51. The van der Waals surface area contributed by atoms with E-state index in [2.05, 4.69) is 15.6 Å². The molecule has 0 saturated carbocycles. The van der Waals surface area contributed by atoms with Gasteiger partial charge in [-0.15, -0.1) is 11.3 Å². The fourth-order valence-electron chi connectivity index (χ4n) is 2.87. The van der Waals surface area contributed by atoms with Crippen LogP contribution in [-0.4, -0.2) is 16.8 Å². The van der Waals surface area contributed by atoms with Crippen molar-refractivity contribution in [2.45, 2.75) is 18.9 Å². The van der Waals surface area contributed by atoms with Crippen molar-refractivity contribution < 1.29 is 18.4 Å². The van der Waals surface area contributed by atoms with Crippen molar-refractivity contribution in [3.8, 4) is 10.8 Å². The van der Waals surface area contributed by atoms with Crippen LogP contribution in [0.5, 0.6) is 0 Å². The lowest BCUT2D eigenvalue weighted by Crippen LogP contribution is -2.34. The fourth-order valence-corrected chi connectivity index (χ4v) is 3.53. The third-order valence-electron chi connectivity index (χ3n) is 4.10. The normalized spacial score (nSPS) is 16.0. The summed E-state index contributed by atoms with van der Waals surface area (Å²) in [7, 11) is 0. The molecule has 0 saturated heterocycles. The summed E-state index contributed by atoms with van der Waals surface area (Å²) in [6.45, 7) is 0.183. The van der Waals surface area contributed by atoms with Crippen LogP contribution in [0.15, 0.2) is 46.4 Å². The van der Waals surface area contributed by atoms with E-state index < -0.39 is 11.7 Å². The number of fused-ring (bicyclic) bond motifs is 1. The van der Waals surface area contributed by atoms with E-state index in [-0.39, 0.29) is 24.8 Å². The van der Waals surface area contributed by atoms with Gasteiger partial charge in [0.25, 0.3) is 0 Å². The molecule has 1 aliphatic heterocycles. The predicted molar refractivity (Wildman–Crippen MR) is 94.1 cm³/mol. The highest BCUT2D eigenvalue weighted by Crippen LogP contribution is 2.33. The molecular weight excluding hydrogens is 357 g/mol. The van der Waals surface area contributed by atoms with Gasteiger partial charge in [-0.3, -0.25) is 9.59 Å². The Bertz CT molecular complexity index is 968. The number of nitrogens with one attached hydrogen (secondary N) is 2. The summed E-state index contributed by atoms with van der Waals surface area (Å²) in [4.78, 5) is 29.6. The van der Waals surface area contributed by atoms with Gasteiger partial charge in [0.05, 0.1) is 23.0 Å². The Morgan fingerprint density at radius 3 is 3.12 bits per heavy atom. The first-order valence-corrected chi connectivity index (χ1v) is 8.83. The zero-order valence-corrected chi connectivity index (χ0v) is 14.3. The molecular formula is C18H14FN3O3S. The number of aromatic nitrogens is 1. The Hall–Kier alpha value is -3.00. The Balaban J connectivity index is 1.46. The zero-order chi connectivity index (χ0) is 18.1. The molecule has 1 atom stereocenters. The van der Waals surface area contributed by atoms with E-state index in [1.807, 2.05) is 17.5 Å². The average Bonchev–Trinajstić information content (AvgIpc) is 3.29. The highest BCUT2D eigenvalue weighted by molar-refractivity contribution is 7.13. The van der Waals surface area contributed by atoms with Crippen LogP contribution in [0.1, 0.15) is 23.6 Å². The maximum Gasteiger partial charge on any atom is 0.236 e. The van der Waals surface area contributed by atoms with Crippen molar-refractivity contribution in [1.29, 1.82) is 0 Å². The first kappa shape index (κ1) is 16.5. The van der Waals surface area contributed by atoms with Gasteiger partial charge in [0, 0.05) is 12.1 Å². The Morgan fingerprint density at radius 1 is 1.42 bits per heavy atom. The summed E-state index contributed by atoms with van der Waals surface area (Å²) in [6, 6.07) is 7.83. The molecule has 1 aromatic carbocycles. The van der Waals surface area contributed by atoms with Gasteiger partial charge >= 0.3 is 0 Å². The number of carbonyl (C=O) groups excluding carboxylic acids is 2. The van der Waals surface area contributed by atoms with Crippen LogP contribution in [0.2, 0.25) is 0 Å². The maximum absolute atomic E-state index is 13.4. The minimum absolute atomic E-state index is 0.0176. The van der Waals surface area contributed by atoms with Crippen LogP contribution < -0.4 is 10.6 Å². The third-order valence-corrected chi connectivity index (χ3v) is 4.96. The van der Waals surface area contributed by atoms with E-state index >= 15 is 0 Å². The van der Waals surface area contributed by atoms with Crippen molar-refractivity contribution in [1.82, 2.24) is 10.3 Å². The van der Waals surface area contributed by atoms with Crippen LogP contribution in [0, 0.1) is 5.82 Å². The SMILES string of the molecule is O=C1C[C@H](C(=O)NCc2coc(-c3cccs3)n2)c2ccc(F)cc2N1. The number of thiophene rings is 1. The minimum atomic E-state index is -0.664. The summed E-state index contributed by atoms with van der Waals surface area (Å²) in [5.74, 6) is -1.25. The molecule has 0 aliphatic carbocycles. The molecule has 0 bridgehead atoms. The minimum Gasteiger partial charge on any atom is -0.443 e. The quantitative estimate of drug-likeness (QED) is 0.737. The van der Waals surface area contributed by atoms with Crippen molar-refractivity contribution in [3.63, 3.8) is 0 Å². The van der Waals surface area contributed by atoms with Crippen LogP contribution in [0.4, 0.5) is 10.1 Å². The standard InChI is InChI=1S/C18H14FN3O3S/c19-10-3-4-12-13(7-16(23)22-14(12)6-10)17(24)20-8-11-9-25-18(21-11)15-2-1-5-26-15/h1-6,9,13H,7-8H2,(H,20,24)(H,22,23)/t13-/m0/s1. The summed E-state index contributed by atoms with van der Waals surface area (Å²) in [6.07, 6.45) is 1.51. The second-order valence-corrected chi connectivity index (χ2v) is 6.82. The highest BCUT2D eigenvalue weighted by atomic mass is 32.1. The molecule has 0 radical (unpaired) electrons. The molecule has 1 aliphatic rings. The number of halogens is 1. The molecule has 3 aromatic rings. The summed E-state index contributed by atoms with van der Waals surface area (Å²) < 4.78 is 18.8. The van der Waals surface area contributed by atoms with Gasteiger partial charge in [0.1, 0.15) is 12.1 Å². The molecule has 6 nitrogen and oxygen atoms in total. The second kappa shape index (κ2) is 6.72. The van der Waals surface area contributed by atoms with Gasteiger partial charge < -0.3 is 15.1 Å². The molecule has 2 N–H and O–H groups in total. The van der Waals surface area contributed by atoms with Crippen LogP contribution >= 0.6 is 11.3 Å². The number of anilines is 1. The van der Waals surface area contributed by atoms with E-state index in [4.69, 9.17) is 4.42 Å². The lowest BCUT2D eigenvalue weighted by molar-refractivity contribution is -0.126. The van der Waals surface area contributed by atoms with Crippen LogP contribution in [-0.2, 0) is 16.1 Å². The van der Waals surface area contributed by atoms with Crippen molar-refractivity contribution in [3.05, 3.63) is 59.0 Å². The molecule has 132 valence electrons. The maximum atomic E-state index is 13.4. The molecule has 8 heteroatoms. The molecule has 4 rings (SSSR count). The van der Waals surface area contributed by atoms with Gasteiger partial charge in [-0.05, 0) is 29.1 Å². The molecule has 3 heterocycles. The Kier molecular flexibility index (Phi) is 4.26. The predicted octanol–water partition coefficient (Wildman–Crippen LogP) is 3.28. The van der Waals surface area contributed by atoms with E-state index in [0.717, 1.165) is 4.88 Å². The third kappa shape index (κ3) is 3.23. The van der Waals surface area contributed by atoms with Gasteiger partial charge in [-0.25, -0.2) is 9.37 Å². The van der Waals surface area contributed by atoms with Gasteiger partial charge in [-0.1, -0.05) is 12.1 Å². The monoisotopic (exact) mass is 371 g/mol. The summed E-state index contributed by atoms with van der Waals surface area (Å²) in [5, 5.41) is 7.29. The smallest absolute Gasteiger partial charge is 0.236 e. The van der Waals surface area contributed by atoms with Crippen molar-refractivity contribution in [2.75, 3.05) is 5.32 Å². The molecule has 2 aromatic heterocycles. The number of amides is 2. The Morgan fingerprint density at radius 2 is 2.31 bits per heavy atom. The molecule has 0 unspecified atom stereocenters. The number of nitrogens with zero attached hydrogens (tertiary/aromatic N) is 1. The molecule has 0 fully saturated rings. The average molecular weight is 371 g/mol. The van der Waals surface area contributed by atoms with E-state index in [1.165, 1.54) is 35.8 Å². The second-order valence-electron chi connectivity index (χ2n) is 5.88. The first-order chi connectivity index (χ1) is 12.6. The number of rotatable bonds is 4. The largest absolute Gasteiger partial charge is 0.443 e. The van der Waals surface area contributed by atoms with Gasteiger partial charge in [0.2, 0.25) is 17.7 Å². The molecule has 26 heavy (non-hydrogen) atoms. The zero-order valence-electron chi connectivity index (χ0n) is 13.5. The van der Waals surface area contributed by atoms with Gasteiger partial charge in [0.15, 0.2) is 0 Å². The summed E-state index contributed by atoms with van der Waals surface area (Å²) in [5.41, 5.74) is 1.52. The van der Waals surface area contributed by atoms with E-state index in [1.54, 1.807) is 0 Å². The lowest BCUT2D eigenvalue weighted by atomic mass is 9.89. The molecule has 0 spiro atoms. The number of benzene rings is 1. The number of oxazole rings is 1. The number of carbonyl (C=O) groups is 2. The first-order valence-electron chi connectivity index (χ1n) is 7.95. The topological polar surface area (TPSA) is 84.2 Å². The van der Waals surface area contributed by atoms with Crippen LogP contribution in [0.25, 0.3) is 10.8 Å². The van der Waals surface area contributed by atoms with Gasteiger partial charge in [-0.2, -0.15) is 0 Å².